The molecule has 0 fully saturated rings. The van der Waals surface area contributed by atoms with Crippen molar-refractivity contribution in [1.82, 2.24) is 0 Å². The summed E-state index contributed by atoms with van der Waals surface area (Å²) in [5.41, 5.74) is 6.52. The normalized spacial score (nSPS) is 14.9. The zero-order valence-electron chi connectivity index (χ0n) is 10.4. The average Bonchev–Trinajstić information content (AvgIpc) is 2.72. The lowest BCUT2D eigenvalue weighted by molar-refractivity contribution is -0.385. The monoisotopic (exact) mass is 252 g/mol. The van der Waals surface area contributed by atoms with Crippen LogP contribution in [0.3, 0.4) is 0 Å². The van der Waals surface area contributed by atoms with Gasteiger partial charge in [0.1, 0.15) is 0 Å². The molecule has 0 saturated heterocycles. The Labute approximate surface area is 105 Å². The van der Waals surface area contributed by atoms with Crippen molar-refractivity contribution in [2.24, 2.45) is 11.7 Å². The molecule has 0 radical (unpaired) electrons. The molecule has 1 aromatic rings. The molecule has 0 amide bonds. The number of nitrogens with two attached hydrogens (primary N) is 1. The Morgan fingerprint density at radius 2 is 2.00 bits per heavy atom. The first-order valence-corrected chi connectivity index (χ1v) is 5.82. The highest BCUT2D eigenvalue weighted by molar-refractivity contribution is 5.56. The fourth-order valence-corrected chi connectivity index (χ4v) is 2.04. The second-order valence-electron chi connectivity index (χ2n) is 4.76. The van der Waals surface area contributed by atoms with Gasteiger partial charge < -0.3 is 15.2 Å². The zero-order valence-corrected chi connectivity index (χ0v) is 10.4. The van der Waals surface area contributed by atoms with E-state index in [1.165, 1.54) is 6.07 Å². The van der Waals surface area contributed by atoms with Crippen molar-refractivity contribution >= 4 is 5.69 Å². The van der Waals surface area contributed by atoms with E-state index in [0.29, 0.717) is 29.4 Å². The molecule has 6 heteroatoms. The highest BCUT2D eigenvalue weighted by Gasteiger charge is 2.26. The molecule has 0 spiro atoms. The molecule has 2 N–H and O–H groups in total. The van der Waals surface area contributed by atoms with Crippen molar-refractivity contribution < 1.29 is 14.4 Å². The van der Waals surface area contributed by atoms with Crippen molar-refractivity contribution in [3.63, 3.8) is 0 Å². The van der Waals surface area contributed by atoms with Gasteiger partial charge in [0.05, 0.1) is 16.6 Å². The number of fused-ring (bicyclic) bond motifs is 1. The molecule has 6 nitrogen and oxygen atoms in total. The van der Waals surface area contributed by atoms with E-state index in [-0.39, 0.29) is 18.5 Å². The lowest BCUT2D eigenvalue weighted by Crippen LogP contribution is -2.14. The molecule has 0 bridgehead atoms. The van der Waals surface area contributed by atoms with Crippen molar-refractivity contribution in [2.45, 2.75) is 26.3 Å². The molecule has 0 unspecified atom stereocenters. The van der Waals surface area contributed by atoms with Crippen LogP contribution < -0.4 is 15.2 Å². The van der Waals surface area contributed by atoms with Crippen molar-refractivity contribution in [3.05, 3.63) is 27.8 Å². The molecule has 0 aromatic heterocycles. The Morgan fingerprint density at radius 3 is 2.56 bits per heavy atom. The summed E-state index contributed by atoms with van der Waals surface area (Å²) in [5.74, 6) is 1.29. The van der Waals surface area contributed by atoms with Crippen LogP contribution in [0.1, 0.15) is 31.9 Å². The van der Waals surface area contributed by atoms with E-state index in [4.69, 9.17) is 15.2 Å². The first-order valence-electron chi connectivity index (χ1n) is 5.82. The summed E-state index contributed by atoms with van der Waals surface area (Å²) in [6.45, 7) is 4.15. The minimum Gasteiger partial charge on any atom is -0.454 e. The van der Waals surface area contributed by atoms with Gasteiger partial charge in [0, 0.05) is 6.04 Å². The van der Waals surface area contributed by atoms with Crippen LogP contribution in [0.2, 0.25) is 0 Å². The van der Waals surface area contributed by atoms with Crippen LogP contribution in [0.25, 0.3) is 0 Å². The van der Waals surface area contributed by atoms with E-state index >= 15 is 0 Å². The van der Waals surface area contributed by atoms with Gasteiger partial charge in [-0.2, -0.15) is 0 Å². The number of nitro benzene ring substituents is 1. The number of nitro groups is 1. The number of ether oxygens (including phenoxy) is 2. The minimum absolute atomic E-state index is 0.00704. The van der Waals surface area contributed by atoms with Gasteiger partial charge in [0.2, 0.25) is 6.79 Å². The predicted octanol–water partition coefficient (Wildman–Crippen LogP) is 2.37. The summed E-state index contributed by atoms with van der Waals surface area (Å²) in [5, 5.41) is 11.1. The minimum atomic E-state index is -0.433. The molecule has 1 atom stereocenters. The highest BCUT2D eigenvalue weighted by atomic mass is 16.7. The van der Waals surface area contributed by atoms with Gasteiger partial charge in [-0.25, -0.2) is 0 Å². The number of benzene rings is 1. The quantitative estimate of drug-likeness (QED) is 0.656. The van der Waals surface area contributed by atoms with E-state index in [9.17, 15) is 10.1 Å². The van der Waals surface area contributed by atoms with Gasteiger partial charge in [-0.3, -0.25) is 10.1 Å². The lowest BCUT2D eigenvalue weighted by Gasteiger charge is -2.15. The van der Waals surface area contributed by atoms with Crippen LogP contribution in [-0.4, -0.2) is 11.7 Å². The largest absolute Gasteiger partial charge is 0.454 e. The molecule has 0 aliphatic carbocycles. The maximum absolute atomic E-state index is 11.1. The number of hydrogen-bond acceptors (Lipinski definition) is 5. The Balaban J connectivity index is 2.41. The maximum atomic E-state index is 11.1. The zero-order chi connectivity index (χ0) is 13.3. The molecular weight excluding hydrogens is 236 g/mol. The second kappa shape index (κ2) is 4.81. The van der Waals surface area contributed by atoms with Gasteiger partial charge in [-0.1, -0.05) is 13.8 Å². The summed E-state index contributed by atoms with van der Waals surface area (Å²) in [6.07, 6.45) is 0.681. The summed E-state index contributed by atoms with van der Waals surface area (Å²) in [4.78, 5) is 10.6. The molecule has 18 heavy (non-hydrogen) atoms. The average molecular weight is 252 g/mol. The Morgan fingerprint density at radius 1 is 1.39 bits per heavy atom. The summed E-state index contributed by atoms with van der Waals surface area (Å²) in [7, 11) is 0. The fraction of sp³-hybridized carbons (Fsp3) is 0.500. The molecular formula is C12H16N2O4. The third kappa shape index (κ3) is 2.38. The van der Waals surface area contributed by atoms with Gasteiger partial charge in [0.15, 0.2) is 11.5 Å². The van der Waals surface area contributed by atoms with Crippen molar-refractivity contribution in [2.75, 3.05) is 6.79 Å². The molecule has 1 aliphatic rings. The maximum Gasteiger partial charge on any atom is 0.278 e. The molecule has 1 aliphatic heterocycles. The molecule has 98 valence electrons. The van der Waals surface area contributed by atoms with E-state index in [2.05, 4.69) is 0 Å². The van der Waals surface area contributed by atoms with Gasteiger partial charge in [-0.15, -0.1) is 0 Å². The number of rotatable bonds is 4. The summed E-state index contributed by atoms with van der Waals surface area (Å²) < 4.78 is 10.4. The summed E-state index contributed by atoms with van der Waals surface area (Å²) >= 11 is 0. The van der Waals surface area contributed by atoms with Crippen molar-refractivity contribution in [3.8, 4) is 11.5 Å². The van der Waals surface area contributed by atoms with Crippen LogP contribution >= 0.6 is 0 Å². The number of hydrogen-bond donors (Lipinski definition) is 1. The fourth-order valence-electron chi connectivity index (χ4n) is 2.04. The summed E-state index contributed by atoms with van der Waals surface area (Å²) in [6, 6.07) is 2.63. The second-order valence-corrected chi connectivity index (χ2v) is 4.76. The number of nitrogens with zero attached hydrogens (tertiary/aromatic N) is 1. The highest BCUT2D eigenvalue weighted by Crippen LogP contribution is 2.40. The molecule has 1 aromatic carbocycles. The van der Waals surface area contributed by atoms with Crippen molar-refractivity contribution in [1.29, 1.82) is 0 Å². The van der Waals surface area contributed by atoms with E-state index < -0.39 is 4.92 Å². The third-order valence-corrected chi connectivity index (χ3v) is 2.84. The first kappa shape index (κ1) is 12.6. The SMILES string of the molecule is CC(C)C[C@H](N)c1cc2c(cc1[N+](=O)[O-])OCO2. The molecule has 1 heterocycles. The lowest BCUT2D eigenvalue weighted by atomic mass is 9.96. The van der Waals surface area contributed by atoms with Gasteiger partial charge in [-0.05, 0) is 18.4 Å². The van der Waals surface area contributed by atoms with E-state index in [0.717, 1.165) is 0 Å². The molecule has 2 rings (SSSR count). The topological polar surface area (TPSA) is 87.6 Å². The van der Waals surface area contributed by atoms with E-state index in [1.807, 2.05) is 13.8 Å². The Kier molecular flexibility index (Phi) is 3.38. The molecule has 0 saturated carbocycles. The van der Waals surface area contributed by atoms with Crippen LogP contribution in [-0.2, 0) is 0 Å². The smallest absolute Gasteiger partial charge is 0.278 e. The van der Waals surface area contributed by atoms with Crippen LogP contribution in [0.4, 0.5) is 5.69 Å². The standard InChI is InChI=1S/C12H16N2O4/c1-7(2)3-9(13)8-4-11-12(18-6-17-11)5-10(8)14(15)16/h4-5,7,9H,3,6,13H2,1-2H3/t9-/m0/s1. The predicted molar refractivity (Wildman–Crippen MR) is 65.6 cm³/mol. The Bertz CT molecular complexity index is 473. The van der Waals surface area contributed by atoms with Crippen LogP contribution in [0.5, 0.6) is 11.5 Å². The van der Waals surface area contributed by atoms with Crippen LogP contribution in [0.15, 0.2) is 12.1 Å². The Hall–Kier alpha value is -1.82. The van der Waals surface area contributed by atoms with Crippen LogP contribution in [0, 0.1) is 16.0 Å². The van der Waals surface area contributed by atoms with E-state index in [1.54, 1.807) is 6.07 Å². The third-order valence-electron chi connectivity index (χ3n) is 2.84. The van der Waals surface area contributed by atoms with Gasteiger partial charge in [0.25, 0.3) is 5.69 Å². The first-order chi connectivity index (χ1) is 8.49. The van der Waals surface area contributed by atoms with Gasteiger partial charge >= 0.3 is 0 Å².